The number of nitrogens with zero attached hydrogens (tertiary/aromatic N) is 4. The van der Waals surface area contributed by atoms with Crippen molar-refractivity contribution in [1.82, 2.24) is 25.1 Å². The molecule has 0 aliphatic rings. The first-order valence-corrected chi connectivity index (χ1v) is 8.85. The summed E-state index contributed by atoms with van der Waals surface area (Å²) in [5, 5.41) is 13.4. The van der Waals surface area contributed by atoms with Gasteiger partial charge in [-0.25, -0.2) is 14.6 Å². The molecule has 0 unspecified atom stereocenters. The maximum absolute atomic E-state index is 11.9. The van der Waals surface area contributed by atoms with Crippen LogP contribution in [0.1, 0.15) is 18.2 Å². The van der Waals surface area contributed by atoms with Crippen LogP contribution in [0.15, 0.2) is 30.0 Å². The molecule has 0 saturated heterocycles. The van der Waals surface area contributed by atoms with E-state index in [0.717, 1.165) is 34.7 Å². The molecule has 0 aliphatic heterocycles. The lowest BCUT2D eigenvalue weighted by atomic mass is 10.3. The minimum atomic E-state index is 0.0221. The van der Waals surface area contributed by atoms with Gasteiger partial charge in [0.1, 0.15) is 12.1 Å². The Morgan fingerprint density at radius 1 is 1.33 bits per heavy atom. The smallest absolute Gasteiger partial charge is 0.225 e. The predicted octanol–water partition coefficient (Wildman–Crippen LogP) is 2.07. The summed E-state index contributed by atoms with van der Waals surface area (Å²) in [6.45, 7) is 4.05. The molecular weight excluding hydrogens is 324 g/mol. The van der Waals surface area contributed by atoms with E-state index in [-0.39, 0.29) is 5.91 Å². The maximum Gasteiger partial charge on any atom is 0.225 e. The summed E-state index contributed by atoms with van der Waals surface area (Å²) in [5.41, 5.74) is 0.774. The van der Waals surface area contributed by atoms with Gasteiger partial charge in [-0.15, -0.1) is 11.3 Å². The quantitative estimate of drug-likeness (QED) is 0.653. The average molecular weight is 344 g/mol. The number of hydrogen-bond acceptors (Lipinski definition) is 6. The second kappa shape index (κ2) is 7.87. The maximum atomic E-state index is 11.9. The molecule has 7 nitrogen and oxygen atoms in total. The van der Waals surface area contributed by atoms with Crippen molar-refractivity contribution >= 4 is 34.1 Å². The molecule has 0 fully saturated rings. The van der Waals surface area contributed by atoms with Gasteiger partial charge in [-0.05, 0) is 17.9 Å². The molecule has 0 aliphatic carbocycles. The van der Waals surface area contributed by atoms with Gasteiger partial charge in [0, 0.05) is 18.0 Å². The number of amides is 1. The number of carbonyl (C=O) groups excluding carboxylic acids is 1. The summed E-state index contributed by atoms with van der Waals surface area (Å²) < 4.78 is 1.79. The number of nitrogens with one attached hydrogen (secondary N) is 2. The third kappa shape index (κ3) is 3.88. The Balaban J connectivity index is 1.58. The third-order valence-electron chi connectivity index (χ3n) is 3.54. The highest BCUT2D eigenvalue weighted by atomic mass is 32.1. The van der Waals surface area contributed by atoms with Gasteiger partial charge in [0.25, 0.3) is 0 Å². The van der Waals surface area contributed by atoms with Gasteiger partial charge in [0.2, 0.25) is 5.91 Å². The first kappa shape index (κ1) is 16.4. The van der Waals surface area contributed by atoms with Gasteiger partial charge in [-0.1, -0.05) is 13.0 Å². The van der Waals surface area contributed by atoms with Crippen LogP contribution in [0.5, 0.6) is 0 Å². The molecule has 3 heterocycles. The molecule has 24 heavy (non-hydrogen) atoms. The largest absolute Gasteiger partial charge is 0.369 e. The van der Waals surface area contributed by atoms with Crippen molar-refractivity contribution in [2.75, 3.05) is 18.4 Å². The van der Waals surface area contributed by atoms with Crippen molar-refractivity contribution in [3.63, 3.8) is 0 Å². The normalized spacial score (nSPS) is 10.9. The number of carbonyl (C=O) groups is 1. The van der Waals surface area contributed by atoms with Crippen molar-refractivity contribution < 1.29 is 4.79 Å². The van der Waals surface area contributed by atoms with Gasteiger partial charge >= 0.3 is 0 Å². The zero-order chi connectivity index (χ0) is 16.8. The van der Waals surface area contributed by atoms with Crippen LogP contribution >= 0.6 is 11.3 Å². The molecule has 0 saturated carbocycles. The average Bonchev–Trinajstić information content (AvgIpc) is 3.23. The van der Waals surface area contributed by atoms with Crippen LogP contribution in [0.25, 0.3) is 11.0 Å². The predicted molar refractivity (Wildman–Crippen MR) is 95.1 cm³/mol. The lowest BCUT2D eigenvalue weighted by Crippen LogP contribution is -2.28. The molecule has 0 atom stereocenters. The van der Waals surface area contributed by atoms with Gasteiger partial charge in [0.15, 0.2) is 5.65 Å². The molecule has 0 bridgehead atoms. The van der Waals surface area contributed by atoms with E-state index in [4.69, 9.17) is 0 Å². The topological polar surface area (TPSA) is 84.7 Å². The lowest BCUT2D eigenvalue weighted by molar-refractivity contribution is -0.120. The van der Waals surface area contributed by atoms with Gasteiger partial charge in [-0.2, -0.15) is 5.10 Å². The van der Waals surface area contributed by atoms with Gasteiger partial charge in [0.05, 0.1) is 24.5 Å². The Labute approximate surface area is 144 Å². The molecule has 0 aromatic carbocycles. The number of fused-ring (bicyclic) bond motifs is 1. The molecular formula is C16H20N6OS. The number of rotatable bonds is 8. The molecule has 1 amide bonds. The fourth-order valence-corrected chi connectivity index (χ4v) is 3.08. The van der Waals surface area contributed by atoms with Crippen molar-refractivity contribution in [3.8, 4) is 0 Å². The highest BCUT2D eigenvalue weighted by Crippen LogP contribution is 2.18. The monoisotopic (exact) mass is 344 g/mol. The lowest BCUT2D eigenvalue weighted by Gasteiger charge is -2.07. The van der Waals surface area contributed by atoms with Crippen LogP contribution in [-0.4, -0.2) is 38.7 Å². The van der Waals surface area contributed by atoms with Crippen LogP contribution in [-0.2, 0) is 17.8 Å². The van der Waals surface area contributed by atoms with Crippen LogP contribution in [0.3, 0.4) is 0 Å². The number of aromatic nitrogens is 4. The minimum absolute atomic E-state index is 0.0221. The highest BCUT2D eigenvalue weighted by Gasteiger charge is 2.10. The number of thiophene rings is 1. The highest BCUT2D eigenvalue weighted by molar-refractivity contribution is 7.10. The van der Waals surface area contributed by atoms with Gasteiger partial charge in [-0.3, -0.25) is 4.79 Å². The van der Waals surface area contributed by atoms with Gasteiger partial charge < -0.3 is 10.6 Å². The Morgan fingerprint density at radius 2 is 2.25 bits per heavy atom. The summed E-state index contributed by atoms with van der Waals surface area (Å²) in [5.74, 6) is 0.823. The fourth-order valence-electron chi connectivity index (χ4n) is 2.38. The Kier molecular flexibility index (Phi) is 5.37. The van der Waals surface area contributed by atoms with Crippen molar-refractivity contribution in [1.29, 1.82) is 0 Å². The third-order valence-corrected chi connectivity index (χ3v) is 4.41. The zero-order valence-electron chi connectivity index (χ0n) is 13.5. The molecule has 3 aromatic rings. The van der Waals surface area contributed by atoms with Crippen LogP contribution in [0.2, 0.25) is 0 Å². The fraction of sp³-hybridized carbons (Fsp3) is 0.375. The molecule has 126 valence electrons. The first-order valence-electron chi connectivity index (χ1n) is 7.97. The molecule has 2 N–H and O–H groups in total. The van der Waals surface area contributed by atoms with E-state index in [2.05, 4.69) is 32.6 Å². The van der Waals surface area contributed by atoms with Crippen molar-refractivity contribution in [2.45, 2.75) is 26.3 Å². The number of anilines is 1. The van der Waals surface area contributed by atoms with Crippen molar-refractivity contribution in [3.05, 3.63) is 34.9 Å². The zero-order valence-corrected chi connectivity index (χ0v) is 14.3. The SMILES string of the molecule is CCCNc1ncnc2c1cnn2CCNC(=O)Cc1cccs1. The molecule has 3 rings (SSSR count). The summed E-state index contributed by atoms with van der Waals surface area (Å²) in [6.07, 6.45) is 4.75. The standard InChI is InChI=1S/C16H20N6OS/c1-2-5-18-15-13-10-21-22(16(13)20-11-19-15)7-6-17-14(23)9-12-4-3-8-24-12/h3-4,8,10-11H,2,5-7,9H2,1H3,(H,17,23)(H,18,19,20). The second-order valence-electron chi connectivity index (χ2n) is 5.36. The Hall–Kier alpha value is -2.48. The van der Waals surface area contributed by atoms with E-state index >= 15 is 0 Å². The molecule has 3 aromatic heterocycles. The van der Waals surface area contributed by atoms with E-state index < -0.39 is 0 Å². The van der Waals surface area contributed by atoms with E-state index in [9.17, 15) is 4.79 Å². The van der Waals surface area contributed by atoms with Crippen LogP contribution < -0.4 is 10.6 Å². The summed E-state index contributed by atoms with van der Waals surface area (Å²) >= 11 is 1.59. The molecule has 0 radical (unpaired) electrons. The van der Waals surface area contributed by atoms with E-state index in [1.807, 2.05) is 17.5 Å². The summed E-state index contributed by atoms with van der Waals surface area (Å²) in [7, 11) is 0. The van der Waals surface area contributed by atoms with Crippen LogP contribution in [0, 0.1) is 0 Å². The van der Waals surface area contributed by atoms with E-state index in [1.165, 1.54) is 6.33 Å². The Morgan fingerprint density at radius 3 is 3.04 bits per heavy atom. The van der Waals surface area contributed by atoms with Crippen LogP contribution in [0.4, 0.5) is 5.82 Å². The number of hydrogen-bond donors (Lipinski definition) is 2. The first-order chi connectivity index (χ1) is 11.8. The Bertz CT molecular complexity index is 798. The van der Waals surface area contributed by atoms with E-state index in [1.54, 1.807) is 22.2 Å². The second-order valence-corrected chi connectivity index (χ2v) is 6.39. The summed E-state index contributed by atoms with van der Waals surface area (Å²) in [4.78, 5) is 21.5. The van der Waals surface area contributed by atoms with Crippen molar-refractivity contribution in [2.24, 2.45) is 0 Å². The van der Waals surface area contributed by atoms with E-state index in [0.29, 0.717) is 19.5 Å². The molecule has 8 heteroatoms. The molecule has 0 spiro atoms. The summed E-state index contributed by atoms with van der Waals surface area (Å²) in [6, 6.07) is 3.92. The minimum Gasteiger partial charge on any atom is -0.369 e.